The number of carbonyl (C=O) groups excluding carboxylic acids is 1. The van der Waals surface area contributed by atoms with Crippen molar-refractivity contribution in [2.45, 2.75) is 29.9 Å². The molecule has 0 bridgehead atoms. The number of hydrogen-bond donors (Lipinski definition) is 1. The summed E-state index contributed by atoms with van der Waals surface area (Å²) in [4.78, 5) is 23.7. The van der Waals surface area contributed by atoms with Gasteiger partial charge < -0.3 is 10.6 Å². The maximum absolute atomic E-state index is 11.2. The molecule has 2 heterocycles. The Morgan fingerprint density at radius 1 is 1.29 bits per heavy atom. The van der Waals surface area contributed by atoms with Crippen LogP contribution in [0.3, 0.4) is 0 Å². The van der Waals surface area contributed by atoms with Crippen LogP contribution in [0.25, 0.3) is 0 Å². The van der Waals surface area contributed by atoms with Gasteiger partial charge in [-0.15, -0.1) is 11.8 Å². The molecule has 1 aromatic heterocycles. The van der Waals surface area contributed by atoms with E-state index in [0.717, 1.165) is 43.3 Å². The average molecular weight is 342 g/mol. The molecule has 1 aromatic carbocycles. The summed E-state index contributed by atoms with van der Waals surface area (Å²) >= 11 is 1.73. The van der Waals surface area contributed by atoms with E-state index in [1.165, 1.54) is 4.90 Å². The standard InChI is InChI=1S/C18H22N4OS/c19-16(23)11-14-5-4-10-22(12-14)18-8-9-20-17(21-18)13-24-15-6-2-1-3-7-15/h1-3,6-9,14H,4-5,10-13H2,(H2,19,23). The van der Waals surface area contributed by atoms with Gasteiger partial charge in [-0.25, -0.2) is 9.97 Å². The van der Waals surface area contributed by atoms with Crippen LogP contribution in [0.2, 0.25) is 0 Å². The lowest BCUT2D eigenvalue weighted by Crippen LogP contribution is -2.37. The lowest BCUT2D eigenvalue weighted by molar-refractivity contribution is -0.118. The minimum Gasteiger partial charge on any atom is -0.370 e. The summed E-state index contributed by atoms with van der Waals surface area (Å²) in [5.74, 6) is 2.63. The summed E-state index contributed by atoms with van der Waals surface area (Å²) < 4.78 is 0. The number of hydrogen-bond acceptors (Lipinski definition) is 5. The van der Waals surface area contributed by atoms with Crippen LogP contribution >= 0.6 is 11.8 Å². The van der Waals surface area contributed by atoms with Gasteiger partial charge in [0.1, 0.15) is 11.6 Å². The Bertz CT molecular complexity index is 680. The van der Waals surface area contributed by atoms with E-state index in [1.54, 1.807) is 11.8 Å². The highest BCUT2D eigenvalue weighted by Crippen LogP contribution is 2.25. The largest absolute Gasteiger partial charge is 0.370 e. The number of amides is 1. The van der Waals surface area contributed by atoms with E-state index in [4.69, 9.17) is 10.7 Å². The van der Waals surface area contributed by atoms with Crippen LogP contribution in [0.1, 0.15) is 25.1 Å². The van der Waals surface area contributed by atoms with Crippen molar-refractivity contribution in [1.82, 2.24) is 9.97 Å². The lowest BCUT2D eigenvalue weighted by Gasteiger charge is -2.33. The summed E-state index contributed by atoms with van der Waals surface area (Å²) in [6, 6.07) is 12.2. The zero-order valence-electron chi connectivity index (χ0n) is 13.6. The number of nitrogens with zero attached hydrogens (tertiary/aromatic N) is 3. The maximum Gasteiger partial charge on any atom is 0.217 e. The van der Waals surface area contributed by atoms with Crippen molar-refractivity contribution in [2.75, 3.05) is 18.0 Å². The number of benzene rings is 1. The van der Waals surface area contributed by atoms with Crippen LogP contribution in [0.15, 0.2) is 47.5 Å². The maximum atomic E-state index is 11.2. The Morgan fingerprint density at radius 2 is 2.12 bits per heavy atom. The molecule has 0 aliphatic carbocycles. The summed E-state index contributed by atoms with van der Waals surface area (Å²) in [7, 11) is 0. The lowest BCUT2D eigenvalue weighted by atomic mass is 9.94. The zero-order chi connectivity index (χ0) is 16.8. The second-order valence-electron chi connectivity index (χ2n) is 6.06. The molecule has 1 amide bonds. The summed E-state index contributed by atoms with van der Waals surface area (Å²) in [5, 5.41) is 0. The summed E-state index contributed by atoms with van der Waals surface area (Å²) in [5.41, 5.74) is 5.34. The molecule has 126 valence electrons. The van der Waals surface area contributed by atoms with Crippen LogP contribution in [-0.2, 0) is 10.5 Å². The van der Waals surface area contributed by atoms with Crippen molar-refractivity contribution in [3.8, 4) is 0 Å². The van der Waals surface area contributed by atoms with Crippen LogP contribution in [0, 0.1) is 5.92 Å². The molecule has 1 aliphatic rings. The molecular weight excluding hydrogens is 320 g/mol. The number of piperidine rings is 1. The van der Waals surface area contributed by atoms with E-state index in [9.17, 15) is 4.79 Å². The zero-order valence-corrected chi connectivity index (χ0v) is 14.4. The van der Waals surface area contributed by atoms with Gasteiger partial charge in [0, 0.05) is 30.6 Å². The summed E-state index contributed by atoms with van der Waals surface area (Å²) in [6.07, 6.45) is 4.40. The number of thioether (sulfide) groups is 1. The highest BCUT2D eigenvalue weighted by Gasteiger charge is 2.22. The fraction of sp³-hybridized carbons (Fsp3) is 0.389. The van der Waals surface area contributed by atoms with Gasteiger partial charge in [-0.1, -0.05) is 18.2 Å². The van der Waals surface area contributed by atoms with Crippen molar-refractivity contribution in [3.05, 3.63) is 48.4 Å². The third-order valence-corrected chi connectivity index (χ3v) is 5.14. The topological polar surface area (TPSA) is 72.1 Å². The fourth-order valence-corrected chi connectivity index (χ4v) is 3.81. The molecule has 1 atom stereocenters. The molecule has 24 heavy (non-hydrogen) atoms. The normalized spacial score (nSPS) is 17.7. The highest BCUT2D eigenvalue weighted by molar-refractivity contribution is 7.98. The van der Waals surface area contributed by atoms with Crippen LogP contribution < -0.4 is 10.6 Å². The molecule has 5 nitrogen and oxygen atoms in total. The monoisotopic (exact) mass is 342 g/mol. The van der Waals surface area contributed by atoms with Crippen molar-refractivity contribution in [2.24, 2.45) is 11.7 Å². The third kappa shape index (κ3) is 4.71. The Morgan fingerprint density at radius 3 is 2.92 bits per heavy atom. The molecule has 0 spiro atoms. The molecule has 1 aliphatic heterocycles. The van der Waals surface area contributed by atoms with Gasteiger partial charge in [0.2, 0.25) is 5.91 Å². The molecule has 3 rings (SSSR count). The third-order valence-electron chi connectivity index (χ3n) is 4.13. The first kappa shape index (κ1) is 16.8. The first-order valence-electron chi connectivity index (χ1n) is 8.24. The molecule has 1 saturated heterocycles. The number of aromatic nitrogens is 2. The molecule has 2 aromatic rings. The summed E-state index contributed by atoms with van der Waals surface area (Å²) in [6.45, 7) is 1.81. The van der Waals surface area contributed by atoms with Crippen molar-refractivity contribution >= 4 is 23.5 Å². The number of primary amides is 1. The van der Waals surface area contributed by atoms with E-state index in [1.807, 2.05) is 30.5 Å². The molecule has 2 N–H and O–H groups in total. The molecule has 0 saturated carbocycles. The van der Waals surface area contributed by atoms with Gasteiger partial charge in [-0.3, -0.25) is 4.79 Å². The minimum absolute atomic E-state index is 0.218. The van der Waals surface area contributed by atoms with Crippen LogP contribution in [-0.4, -0.2) is 29.0 Å². The Kier molecular flexibility index (Phi) is 5.69. The number of nitrogens with two attached hydrogens (primary N) is 1. The molecule has 6 heteroatoms. The highest BCUT2D eigenvalue weighted by atomic mass is 32.2. The van der Waals surface area contributed by atoms with E-state index < -0.39 is 0 Å². The van der Waals surface area contributed by atoms with E-state index in [2.05, 4.69) is 22.0 Å². The van der Waals surface area contributed by atoms with Gasteiger partial charge in [0.25, 0.3) is 0 Å². The predicted molar refractivity (Wildman–Crippen MR) is 96.8 cm³/mol. The quantitative estimate of drug-likeness (QED) is 0.817. The van der Waals surface area contributed by atoms with E-state index in [-0.39, 0.29) is 5.91 Å². The Hall–Kier alpha value is -2.08. The molecule has 1 fully saturated rings. The van der Waals surface area contributed by atoms with Crippen molar-refractivity contribution in [1.29, 1.82) is 0 Å². The van der Waals surface area contributed by atoms with Crippen LogP contribution in [0.5, 0.6) is 0 Å². The Labute approximate surface area is 146 Å². The van der Waals surface area contributed by atoms with Crippen molar-refractivity contribution in [3.63, 3.8) is 0 Å². The van der Waals surface area contributed by atoms with Gasteiger partial charge in [-0.2, -0.15) is 0 Å². The van der Waals surface area contributed by atoms with Gasteiger partial charge in [0.15, 0.2) is 0 Å². The first-order chi connectivity index (χ1) is 11.7. The van der Waals surface area contributed by atoms with Gasteiger partial charge in [-0.05, 0) is 37.0 Å². The number of carbonyl (C=O) groups is 1. The fourth-order valence-electron chi connectivity index (χ4n) is 3.02. The van der Waals surface area contributed by atoms with Gasteiger partial charge in [0.05, 0.1) is 5.75 Å². The molecule has 0 radical (unpaired) electrons. The smallest absolute Gasteiger partial charge is 0.217 e. The van der Waals surface area contributed by atoms with Gasteiger partial charge >= 0.3 is 0 Å². The number of anilines is 1. The number of rotatable bonds is 6. The van der Waals surface area contributed by atoms with Crippen LogP contribution in [0.4, 0.5) is 5.82 Å². The van der Waals surface area contributed by atoms with E-state index >= 15 is 0 Å². The molecular formula is C18H22N4OS. The second-order valence-corrected chi connectivity index (χ2v) is 7.11. The Balaban J connectivity index is 1.63. The SMILES string of the molecule is NC(=O)CC1CCCN(c2ccnc(CSc3ccccc3)n2)C1. The van der Waals surface area contributed by atoms with Crippen molar-refractivity contribution < 1.29 is 4.79 Å². The first-order valence-corrected chi connectivity index (χ1v) is 9.22. The second kappa shape index (κ2) is 8.15. The minimum atomic E-state index is -0.218. The molecule has 1 unspecified atom stereocenters. The average Bonchev–Trinajstić information content (AvgIpc) is 2.61. The predicted octanol–water partition coefficient (Wildman–Crippen LogP) is 2.86. The van der Waals surface area contributed by atoms with E-state index in [0.29, 0.717) is 12.3 Å².